The number of carbonyl (C=O) groups is 2. The lowest BCUT2D eigenvalue weighted by Gasteiger charge is -2.08. The van der Waals surface area contributed by atoms with Crippen molar-refractivity contribution in [2.45, 2.75) is 19.0 Å². The number of nitrogens with zero attached hydrogens (tertiary/aromatic N) is 4. The number of ether oxygens (including phenoxy) is 1. The van der Waals surface area contributed by atoms with Gasteiger partial charge in [0.1, 0.15) is 0 Å². The van der Waals surface area contributed by atoms with E-state index in [1.54, 1.807) is 28.9 Å². The van der Waals surface area contributed by atoms with Gasteiger partial charge < -0.3 is 10.1 Å². The monoisotopic (exact) mass is 397 g/mol. The second-order valence-electron chi connectivity index (χ2n) is 6.05. The lowest BCUT2D eigenvalue weighted by atomic mass is 10.1. The molecule has 1 aromatic heterocycles. The number of nitrogens with one attached hydrogen (secondary N) is 1. The highest BCUT2D eigenvalue weighted by molar-refractivity contribution is 7.99. The fourth-order valence-electron chi connectivity index (χ4n) is 2.42. The van der Waals surface area contributed by atoms with Crippen molar-refractivity contribution in [3.63, 3.8) is 0 Å². The zero-order valence-electron chi connectivity index (χ0n) is 15.7. The van der Waals surface area contributed by atoms with Crippen molar-refractivity contribution in [1.82, 2.24) is 20.2 Å². The van der Waals surface area contributed by atoms with Gasteiger partial charge in [-0.25, -0.2) is 4.79 Å². The van der Waals surface area contributed by atoms with Gasteiger partial charge in [-0.05, 0) is 71.8 Å². The van der Waals surface area contributed by atoms with Crippen molar-refractivity contribution in [3.05, 3.63) is 59.2 Å². The molecule has 2 aromatic carbocycles. The number of hydrogen-bond donors (Lipinski definition) is 1. The summed E-state index contributed by atoms with van der Waals surface area (Å²) in [6.45, 7) is 4.06. The molecule has 0 bridgehead atoms. The van der Waals surface area contributed by atoms with E-state index in [4.69, 9.17) is 0 Å². The highest BCUT2D eigenvalue weighted by Crippen LogP contribution is 2.20. The number of aryl methyl sites for hydroxylation is 2. The molecule has 144 valence electrons. The summed E-state index contributed by atoms with van der Waals surface area (Å²) in [5.74, 6) is -0.485. The molecule has 0 aliphatic heterocycles. The Kier molecular flexibility index (Phi) is 6.05. The first-order valence-corrected chi connectivity index (χ1v) is 9.43. The number of amides is 1. The third kappa shape index (κ3) is 4.55. The molecule has 3 aromatic rings. The van der Waals surface area contributed by atoms with Gasteiger partial charge >= 0.3 is 5.97 Å². The van der Waals surface area contributed by atoms with Crippen LogP contribution in [0.3, 0.4) is 0 Å². The lowest BCUT2D eigenvalue weighted by molar-refractivity contribution is -0.113. The predicted octanol–water partition coefficient (Wildman–Crippen LogP) is 2.80. The summed E-state index contributed by atoms with van der Waals surface area (Å²) < 4.78 is 6.25. The van der Waals surface area contributed by atoms with Crippen molar-refractivity contribution < 1.29 is 14.3 Å². The predicted molar refractivity (Wildman–Crippen MR) is 106 cm³/mol. The van der Waals surface area contributed by atoms with E-state index in [0.29, 0.717) is 16.4 Å². The normalized spacial score (nSPS) is 10.5. The van der Waals surface area contributed by atoms with Gasteiger partial charge in [0.05, 0.1) is 24.1 Å². The maximum Gasteiger partial charge on any atom is 0.337 e. The number of aromatic nitrogens is 4. The molecule has 0 fully saturated rings. The fraction of sp³-hybridized carbons (Fsp3) is 0.211. The van der Waals surface area contributed by atoms with Gasteiger partial charge in [0, 0.05) is 5.69 Å². The van der Waals surface area contributed by atoms with Gasteiger partial charge in [0.15, 0.2) is 0 Å². The number of anilines is 1. The highest BCUT2D eigenvalue weighted by Gasteiger charge is 2.13. The Morgan fingerprint density at radius 3 is 2.54 bits per heavy atom. The minimum absolute atomic E-state index is 0.143. The van der Waals surface area contributed by atoms with Crippen molar-refractivity contribution in [3.8, 4) is 5.69 Å². The smallest absolute Gasteiger partial charge is 0.337 e. The first kappa shape index (κ1) is 19.6. The SMILES string of the molecule is COC(=O)c1ccc(NC(=O)CSc2nnnn2-c2ccc(C)c(C)c2)cc1. The Bertz CT molecular complexity index is 1000. The molecule has 8 nitrogen and oxygen atoms in total. The zero-order valence-corrected chi connectivity index (χ0v) is 16.5. The van der Waals surface area contributed by atoms with Crippen LogP contribution in [0.4, 0.5) is 5.69 Å². The number of thioether (sulfide) groups is 1. The van der Waals surface area contributed by atoms with Crippen LogP contribution in [-0.4, -0.2) is 44.9 Å². The van der Waals surface area contributed by atoms with Crippen LogP contribution in [0, 0.1) is 13.8 Å². The van der Waals surface area contributed by atoms with E-state index in [-0.39, 0.29) is 11.7 Å². The number of benzene rings is 2. The average molecular weight is 397 g/mol. The van der Waals surface area contributed by atoms with Gasteiger partial charge in [-0.1, -0.05) is 17.8 Å². The van der Waals surface area contributed by atoms with Crippen molar-refractivity contribution >= 4 is 29.3 Å². The van der Waals surface area contributed by atoms with Crippen LogP contribution >= 0.6 is 11.8 Å². The Morgan fingerprint density at radius 1 is 1.11 bits per heavy atom. The van der Waals surface area contributed by atoms with E-state index in [2.05, 4.69) is 25.6 Å². The van der Waals surface area contributed by atoms with Crippen LogP contribution in [0.25, 0.3) is 5.69 Å². The second-order valence-corrected chi connectivity index (χ2v) is 6.99. The van der Waals surface area contributed by atoms with Gasteiger partial charge in [-0.2, -0.15) is 4.68 Å². The van der Waals surface area contributed by atoms with Gasteiger partial charge in [-0.15, -0.1) is 5.10 Å². The van der Waals surface area contributed by atoms with E-state index in [1.807, 2.05) is 32.0 Å². The standard InChI is InChI=1S/C19H19N5O3S/c1-12-4-9-16(10-13(12)2)24-19(21-22-23-24)28-11-17(25)20-15-7-5-14(6-8-15)18(26)27-3/h4-10H,11H2,1-3H3,(H,20,25). The molecule has 3 rings (SSSR count). The average Bonchev–Trinajstić information content (AvgIpc) is 3.17. The minimum atomic E-state index is -0.424. The number of rotatable bonds is 6. The number of tetrazole rings is 1. The molecule has 0 radical (unpaired) electrons. The Hall–Kier alpha value is -3.20. The maximum atomic E-state index is 12.2. The second kappa shape index (κ2) is 8.66. The molecule has 1 N–H and O–H groups in total. The Labute approximate surface area is 166 Å². The molecule has 1 heterocycles. The molecule has 0 saturated heterocycles. The van der Waals surface area contributed by atoms with Crippen LogP contribution < -0.4 is 5.32 Å². The largest absolute Gasteiger partial charge is 0.465 e. The number of methoxy groups -OCH3 is 1. The van der Waals surface area contributed by atoms with Gasteiger partial charge in [0.2, 0.25) is 11.1 Å². The molecule has 28 heavy (non-hydrogen) atoms. The molecule has 0 aliphatic carbocycles. The lowest BCUT2D eigenvalue weighted by Crippen LogP contribution is -2.14. The molecule has 0 spiro atoms. The van der Waals surface area contributed by atoms with Crippen molar-refractivity contribution in [2.75, 3.05) is 18.2 Å². The summed E-state index contributed by atoms with van der Waals surface area (Å²) in [7, 11) is 1.32. The summed E-state index contributed by atoms with van der Waals surface area (Å²) in [5, 5.41) is 15.0. The van der Waals surface area contributed by atoms with Gasteiger partial charge in [-0.3, -0.25) is 4.79 Å². The van der Waals surface area contributed by atoms with Crippen LogP contribution in [0.5, 0.6) is 0 Å². The highest BCUT2D eigenvalue weighted by atomic mass is 32.2. The van der Waals surface area contributed by atoms with E-state index in [1.165, 1.54) is 24.4 Å². The first-order valence-electron chi connectivity index (χ1n) is 8.45. The summed E-state index contributed by atoms with van der Waals surface area (Å²) in [6.07, 6.45) is 0. The number of esters is 1. The van der Waals surface area contributed by atoms with E-state index in [0.717, 1.165) is 11.3 Å². The fourth-order valence-corrected chi connectivity index (χ4v) is 3.11. The van der Waals surface area contributed by atoms with Crippen LogP contribution in [0.1, 0.15) is 21.5 Å². The molecule has 0 aliphatic rings. The molecule has 0 unspecified atom stereocenters. The molecule has 0 atom stereocenters. The summed E-state index contributed by atoms with van der Waals surface area (Å²) >= 11 is 1.24. The minimum Gasteiger partial charge on any atom is -0.465 e. The number of carbonyl (C=O) groups excluding carboxylic acids is 2. The molecule has 0 saturated carbocycles. The van der Waals surface area contributed by atoms with Crippen LogP contribution in [-0.2, 0) is 9.53 Å². The topological polar surface area (TPSA) is 99.0 Å². The quantitative estimate of drug-likeness (QED) is 0.504. The number of hydrogen-bond acceptors (Lipinski definition) is 7. The van der Waals surface area contributed by atoms with Crippen LogP contribution in [0.15, 0.2) is 47.6 Å². The summed E-state index contributed by atoms with van der Waals surface area (Å²) in [5.41, 5.74) is 4.17. The van der Waals surface area contributed by atoms with E-state index in [9.17, 15) is 9.59 Å². The summed E-state index contributed by atoms with van der Waals surface area (Å²) in [6, 6.07) is 12.4. The van der Waals surface area contributed by atoms with E-state index < -0.39 is 5.97 Å². The zero-order chi connectivity index (χ0) is 20.1. The Balaban J connectivity index is 1.62. The third-order valence-electron chi connectivity index (χ3n) is 4.10. The molecular weight excluding hydrogens is 378 g/mol. The van der Waals surface area contributed by atoms with Gasteiger partial charge in [0.25, 0.3) is 0 Å². The summed E-state index contributed by atoms with van der Waals surface area (Å²) in [4.78, 5) is 23.7. The first-order chi connectivity index (χ1) is 13.5. The van der Waals surface area contributed by atoms with Crippen LogP contribution in [0.2, 0.25) is 0 Å². The van der Waals surface area contributed by atoms with Crippen molar-refractivity contribution in [1.29, 1.82) is 0 Å². The maximum absolute atomic E-state index is 12.2. The van der Waals surface area contributed by atoms with E-state index >= 15 is 0 Å². The Morgan fingerprint density at radius 2 is 1.86 bits per heavy atom. The molecule has 1 amide bonds. The van der Waals surface area contributed by atoms with Crippen molar-refractivity contribution in [2.24, 2.45) is 0 Å². The third-order valence-corrected chi connectivity index (χ3v) is 5.02. The molecular formula is C19H19N5O3S. The molecule has 9 heteroatoms.